The highest BCUT2D eigenvalue weighted by molar-refractivity contribution is 9.10. The fourth-order valence-corrected chi connectivity index (χ4v) is 4.89. The minimum atomic E-state index is -0.581. The lowest BCUT2D eigenvalue weighted by Crippen LogP contribution is -2.51. The van der Waals surface area contributed by atoms with E-state index >= 15 is 0 Å². The zero-order valence-electron chi connectivity index (χ0n) is 20.2. The molecule has 0 aromatic heterocycles. The third kappa shape index (κ3) is 9.19. The number of unbranched alkanes of at least 4 members (excludes halogenated alkanes) is 1. The fourth-order valence-electron chi connectivity index (χ4n) is 3.76. The molecule has 1 atom stereocenters. The number of halogens is 1. The van der Waals surface area contributed by atoms with E-state index in [0.717, 1.165) is 34.2 Å². The van der Waals surface area contributed by atoms with Crippen molar-refractivity contribution in [1.82, 2.24) is 10.2 Å². The van der Waals surface area contributed by atoms with Crippen LogP contribution in [0.4, 0.5) is 0 Å². The van der Waals surface area contributed by atoms with E-state index in [4.69, 9.17) is 0 Å². The third-order valence-corrected chi connectivity index (χ3v) is 7.22. The van der Waals surface area contributed by atoms with E-state index in [-0.39, 0.29) is 11.8 Å². The molecule has 0 unspecified atom stereocenters. The average Bonchev–Trinajstić information content (AvgIpc) is 2.88. The maximum absolute atomic E-state index is 13.6. The number of benzene rings is 3. The van der Waals surface area contributed by atoms with Crippen molar-refractivity contribution in [1.29, 1.82) is 0 Å². The molecule has 0 radical (unpaired) electrons. The van der Waals surface area contributed by atoms with Gasteiger partial charge in [-0.2, -0.15) is 0 Å². The van der Waals surface area contributed by atoms with Crippen LogP contribution in [-0.4, -0.2) is 35.1 Å². The highest BCUT2D eigenvalue weighted by atomic mass is 79.9. The Morgan fingerprint density at radius 2 is 1.51 bits per heavy atom. The third-order valence-electron chi connectivity index (χ3n) is 5.70. The number of hydrogen-bond acceptors (Lipinski definition) is 3. The lowest BCUT2D eigenvalue weighted by atomic mass is 10.0. The van der Waals surface area contributed by atoms with Crippen LogP contribution in [-0.2, 0) is 28.3 Å². The highest BCUT2D eigenvalue weighted by Crippen LogP contribution is 2.19. The maximum Gasteiger partial charge on any atom is 0.243 e. The van der Waals surface area contributed by atoms with Gasteiger partial charge in [0.15, 0.2) is 0 Å². The van der Waals surface area contributed by atoms with Crippen molar-refractivity contribution in [3.05, 3.63) is 106 Å². The lowest BCUT2D eigenvalue weighted by Gasteiger charge is -2.31. The quantitative estimate of drug-likeness (QED) is 0.255. The first-order chi connectivity index (χ1) is 17.1. The van der Waals surface area contributed by atoms with E-state index in [9.17, 15) is 9.59 Å². The predicted octanol–water partition coefficient (Wildman–Crippen LogP) is 6.24. The summed E-state index contributed by atoms with van der Waals surface area (Å²) in [5, 5.41) is 3.07. The van der Waals surface area contributed by atoms with Gasteiger partial charge in [-0.3, -0.25) is 9.59 Å². The number of thioether (sulfide) groups is 1. The Bertz CT molecular complexity index is 1050. The molecule has 2 amide bonds. The van der Waals surface area contributed by atoms with Crippen molar-refractivity contribution in [2.45, 2.75) is 44.5 Å². The van der Waals surface area contributed by atoms with Gasteiger partial charge in [0.1, 0.15) is 6.04 Å². The SMILES string of the molecule is CCCCNC(=O)[C@H](Cc1ccccc1)N(Cc1ccc(Br)cc1)C(=O)CSCc1ccccc1. The molecule has 3 aromatic carbocycles. The van der Waals surface area contributed by atoms with Crippen molar-refractivity contribution >= 4 is 39.5 Å². The zero-order chi connectivity index (χ0) is 24.9. The molecule has 0 heterocycles. The van der Waals surface area contributed by atoms with E-state index in [1.54, 1.807) is 16.7 Å². The van der Waals surface area contributed by atoms with Gasteiger partial charge in [0.05, 0.1) is 5.75 Å². The Kier molecular flexibility index (Phi) is 11.4. The van der Waals surface area contributed by atoms with Crippen LogP contribution in [0.25, 0.3) is 0 Å². The molecule has 0 aliphatic carbocycles. The zero-order valence-corrected chi connectivity index (χ0v) is 22.6. The van der Waals surface area contributed by atoms with Crippen LogP contribution in [0, 0.1) is 0 Å². The molecule has 0 fully saturated rings. The van der Waals surface area contributed by atoms with Crippen LogP contribution < -0.4 is 5.32 Å². The van der Waals surface area contributed by atoms with Crippen molar-refractivity contribution in [3.8, 4) is 0 Å². The van der Waals surface area contributed by atoms with E-state index < -0.39 is 6.04 Å². The van der Waals surface area contributed by atoms with Crippen molar-refractivity contribution in [3.63, 3.8) is 0 Å². The molecular formula is C29H33BrN2O2S. The number of carbonyl (C=O) groups excluding carboxylic acids is 2. The van der Waals surface area contributed by atoms with Crippen molar-refractivity contribution in [2.24, 2.45) is 0 Å². The second-order valence-electron chi connectivity index (χ2n) is 8.48. The molecular weight excluding hydrogens is 520 g/mol. The van der Waals surface area contributed by atoms with Gasteiger partial charge in [-0.15, -0.1) is 11.8 Å². The molecule has 1 N–H and O–H groups in total. The highest BCUT2D eigenvalue weighted by Gasteiger charge is 2.30. The Morgan fingerprint density at radius 3 is 2.14 bits per heavy atom. The molecule has 0 aliphatic rings. The summed E-state index contributed by atoms with van der Waals surface area (Å²) < 4.78 is 0.982. The minimum Gasteiger partial charge on any atom is -0.354 e. The second kappa shape index (κ2) is 14.7. The Balaban J connectivity index is 1.82. The molecule has 0 bridgehead atoms. The summed E-state index contributed by atoms with van der Waals surface area (Å²) in [6, 6.07) is 27.4. The molecule has 6 heteroatoms. The monoisotopic (exact) mass is 552 g/mol. The number of hydrogen-bond donors (Lipinski definition) is 1. The number of amides is 2. The first-order valence-corrected chi connectivity index (χ1v) is 14.0. The first kappa shape index (κ1) is 27.0. The molecule has 4 nitrogen and oxygen atoms in total. The van der Waals surface area contributed by atoms with Gasteiger partial charge in [-0.05, 0) is 35.2 Å². The molecule has 0 saturated carbocycles. The van der Waals surface area contributed by atoms with Gasteiger partial charge in [-0.25, -0.2) is 0 Å². The Hall–Kier alpha value is -2.57. The first-order valence-electron chi connectivity index (χ1n) is 12.0. The summed E-state index contributed by atoms with van der Waals surface area (Å²) in [6.07, 6.45) is 2.39. The van der Waals surface area contributed by atoms with Gasteiger partial charge in [0, 0.05) is 29.7 Å². The number of carbonyl (C=O) groups is 2. The van der Waals surface area contributed by atoms with Crippen LogP contribution in [0.5, 0.6) is 0 Å². The Morgan fingerprint density at radius 1 is 0.886 bits per heavy atom. The average molecular weight is 554 g/mol. The summed E-state index contributed by atoms with van der Waals surface area (Å²) in [4.78, 5) is 28.7. The molecule has 184 valence electrons. The van der Waals surface area contributed by atoms with Crippen molar-refractivity contribution in [2.75, 3.05) is 12.3 Å². The van der Waals surface area contributed by atoms with Gasteiger partial charge >= 0.3 is 0 Å². The molecule has 0 aliphatic heterocycles. The Labute approximate surface area is 221 Å². The summed E-state index contributed by atoms with van der Waals surface area (Å²) >= 11 is 5.06. The summed E-state index contributed by atoms with van der Waals surface area (Å²) in [5.41, 5.74) is 3.21. The van der Waals surface area contributed by atoms with Crippen LogP contribution in [0.15, 0.2) is 89.4 Å². The summed E-state index contributed by atoms with van der Waals surface area (Å²) in [7, 11) is 0. The normalized spacial score (nSPS) is 11.6. The predicted molar refractivity (Wildman–Crippen MR) is 149 cm³/mol. The smallest absolute Gasteiger partial charge is 0.243 e. The minimum absolute atomic E-state index is 0.0274. The van der Waals surface area contributed by atoms with Crippen molar-refractivity contribution < 1.29 is 9.59 Å². The fraction of sp³-hybridized carbons (Fsp3) is 0.310. The van der Waals surface area contributed by atoms with Gasteiger partial charge in [-0.1, -0.05) is 102 Å². The van der Waals surface area contributed by atoms with Gasteiger partial charge < -0.3 is 10.2 Å². The topological polar surface area (TPSA) is 49.4 Å². The van der Waals surface area contributed by atoms with Gasteiger partial charge in [0.2, 0.25) is 11.8 Å². The number of rotatable bonds is 13. The van der Waals surface area contributed by atoms with Gasteiger partial charge in [0.25, 0.3) is 0 Å². The molecule has 3 rings (SSSR count). The molecule has 35 heavy (non-hydrogen) atoms. The number of nitrogens with one attached hydrogen (secondary N) is 1. The van der Waals surface area contributed by atoms with Crippen LogP contribution in [0.3, 0.4) is 0 Å². The van der Waals surface area contributed by atoms with Crippen LogP contribution in [0.2, 0.25) is 0 Å². The molecule has 3 aromatic rings. The van der Waals surface area contributed by atoms with Crippen LogP contribution in [0.1, 0.15) is 36.5 Å². The van der Waals surface area contributed by atoms with E-state index in [2.05, 4.69) is 40.3 Å². The van der Waals surface area contributed by atoms with Crippen LogP contribution >= 0.6 is 27.7 Å². The summed E-state index contributed by atoms with van der Waals surface area (Å²) in [5.74, 6) is 0.949. The largest absolute Gasteiger partial charge is 0.354 e. The summed E-state index contributed by atoms with van der Waals surface area (Å²) in [6.45, 7) is 3.10. The second-order valence-corrected chi connectivity index (χ2v) is 10.4. The van der Waals surface area contributed by atoms with E-state index in [1.807, 2.05) is 72.8 Å². The standard InChI is InChI=1S/C29H33BrN2O2S/c1-2-3-18-31-29(34)27(19-23-10-6-4-7-11-23)32(20-24-14-16-26(30)17-15-24)28(33)22-35-21-25-12-8-5-9-13-25/h4-17,27H,2-3,18-22H2,1H3,(H,31,34)/t27-/m0/s1. The van der Waals surface area contributed by atoms with E-state index in [1.165, 1.54) is 5.56 Å². The van der Waals surface area contributed by atoms with E-state index in [0.29, 0.717) is 25.3 Å². The molecule has 0 spiro atoms. The number of nitrogens with zero attached hydrogens (tertiary/aromatic N) is 1. The molecule has 0 saturated heterocycles. The maximum atomic E-state index is 13.6. The lowest BCUT2D eigenvalue weighted by molar-refractivity contribution is -0.139.